The van der Waals surface area contributed by atoms with E-state index in [0.29, 0.717) is 5.56 Å². The van der Waals surface area contributed by atoms with Gasteiger partial charge in [-0.1, -0.05) is 35.9 Å². The van der Waals surface area contributed by atoms with Crippen LogP contribution in [0.1, 0.15) is 24.0 Å². The number of nitrogens with one attached hydrogen (secondary N) is 2. The molecule has 1 fully saturated rings. The van der Waals surface area contributed by atoms with Gasteiger partial charge in [0, 0.05) is 29.0 Å². The van der Waals surface area contributed by atoms with Crippen molar-refractivity contribution in [1.82, 2.24) is 5.43 Å². The van der Waals surface area contributed by atoms with Gasteiger partial charge in [0.05, 0.1) is 25.2 Å². The number of hydrogen-bond acceptors (Lipinski definition) is 3. The Hall–Kier alpha value is -2.37. The molecule has 3 rings (SSSR count). The molecular weight excluding hydrogens is 350 g/mol. The summed E-state index contributed by atoms with van der Waals surface area (Å²) in [4.78, 5) is 13.7. The molecule has 0 atom stereocenters. The Labute approximate surface area is 158 Å². The van der Waals surface area contributed by atoms with Crippen LogP contribution < -0.4 is 10.3 Å². The van der Waals surface area contributed by atoms with Gasteiger partial charge in [0.25, 0.3) is 0 Å². The summed E-state index contributed by atoms with van der Waals surface area (Å²) in [6.07, 6.45) is 3.16. The van der Waals surface area contributed by atoms with Crippen LogP contribution in [0.5, 0.6) is 5.75 Å². The number of phenolic OH excluding ortho intramolecular Hbond substituents is 1. The van der Waals surface area contributed by atoms with E-state index in [9.17, 15) is 9.90 Å². The number of phenols is 1. The van der Waals surface area contributed by atoms with Crippen LogP contribution in [-0.2, 0) is 11.3 Å². The van der Waals surface area contributed by atoms with Gasteiger partial charge in [-0.3, -0.25) is 4.79 Å². The van der Waals surface area contributed by atoms with Crippen molar-refractivity contribution in [2.75, 3.05) is 13.1 Å². The fourth-order valence-electron chi connectivity index (χ4n) is 3.21. The van der Waals surface area contributed by atoms with Crippen LogP contribution in [0, 0.1) is 5.92 Å². The highest BCUT2D eigenvalue weighted by Gasteiger charge is 2.27. The van der Waals surface area contributed by atoms with E-state index in [0.717, 1.165) is 37.5 Å². The molecule has 5 nitrogen and oxygen atoms in total. The van der Waals surface area contributed by atoms with E-state index < -0.39 is 0 Å². The van der Waals surface area contributed by atoms with E-state index in [-0.39, 0.29) is 17.6 Å². The maximum Gasteiger partial charge on any atom is 0.243 e. The lowest BCUT2D eigenvalue weighted by atomic mass is 9.96. The van der Waals surface area contributed by atoms with Crippen LogP contribution in [0.2, 0.25) is 5.02 Å². The summed E-state index contributed by atoms with van der Waals surface area (Å²) >= 11 is 5.92. The second kappa shape index (κ2) is 8.83. The van der Waals surface area contributed by atoms with E-state index in [1.54, 1.807) is 18.2 Å². The SMILES string of the molecule is O=C(N/N=C/c1ccccc1O)C1CC[NH+](Cc2ccc(Cl)cc2)CC1. The Morgan fingerprint density at radius 2 is 1.88 bits per heavy atom. The number of amides is 1. The van der Waals surface area contributed by atoms with Gasteiger partial charge in [-0.25, -0.2) is 5.43 Å². The van der Waals surface area contributed by atoms with Crippen LogP contribution in [0.3, 0.4) is 0 Å². The average Bonchev–Trinajstić information content (AvgIpc) is 2.66. The number of benzene rings is 2. The Balaban J connectivity index is 1.44. The predicted molar refractivity (Wildman–Crippen MR) is 102 cm³/mol. The summed E-state index contributed by atoms with van der Waals surface area (Å²) in [6, 6.07) is 14.8. The molecule has 1 aliphatic rings. The number of hydrogen-bond donors (Lipinski definition) is 3. The number of quaternary nitrogens is 1. The predicted octanol–water partition coefficient (Wildman–Crippen LogP) is 1.99. The summed E-state index contributed by atoms with van der Waals surface area (Å²) in [5.41, 5.74) is 4.44. The first-order valence-corrected chi connectivity index (χ1v) is 9.18. The Kier molecular flexibility index (Phi) is 6.26. The second-order valence-corrected chi connectivity index (χ2v) is 7.06. The van der Waals surface area contributed by atoms with E-state index >= 15 is 0 Å². The van der Waals surface area contributed by atoms with E-state index in [1.165, 1.54) is 16.7 Å². The van der Waals surface area contributed by atoms with E-state index in [4.69, 9.17) is 11.6 Å². The molecule has 6 heteroatoms. The number of rotatable bonds is 5. The summed E-state index contributed by atoms with van der Waals surface area (Å²) in [5.74, 6) is 0.0808. The molecule has 0 aromatic heterocycles. The molecule has 1 aliphatic heterocycles. The smallest absolute Gasteiger partial charge is 0.243 e. The van der Waals surface area contributed by atoms with Gasteiger partial charge in [-0.05, 0) is 24.3 Å². The summed E-state index contributed by atoms with van der Waals surface area (Å²) in [7, 11) is 0. The molecule has 1 heterocycles. The number of likely N-dealkylation sites (tertiary alicyclic amines) is 1. The lowest BCUT2D eigenvalue weighted by molar-refractivity contribution is -0.919. The lowest BCUT2D eigenvalue weighted by Gasteiger charge is -2.28. The summed E-state index contributed by atoms with van der Waals surface area (Å²) < 4.78 is 0. The largest absolute Gasteiger partial charge is 0.507 e. The first kappa shape index (κ1) is 18.4. The molecular formula is C20H23ClN3O2+. The Morgan fingerprint density at radius 3 is 2.58 bits per heavy atom. The van der Waals surface area contributed by atoms with Crippen molar-refractivity contribution >= 4 is 23.7 Å². The maximum atomic E-state index is 12.3. The topological polar surface area (TPSA) is 66.1 Å². The molecule has 1 amide bonds. The van der Waals surface area contributed by atoms with Gasteiger partial charge in [0.15, 0.2) is 0 Å². The lowest BCUT2D eigenvalue weighted by Crippen LogP contribution is -3.11. The van der Waals surface area contributed by atoms with Gasteiger partial charge < -0.3 is 10.0 Å². The molecule has 2 aromatic carbocycles. The van der Waals surface area contributed by atoms with Gasteiger partial charge >= 0.3 is 0 Å². The first-order chi connectivity index (χ1) is 12.6. The number of nitrogens with zero attached hydrogens (tertiary/aromatic N) is 1. The zero-order valence-corrected chi connectivity index (χ0v) is 15.2. The normalized spacial score (nSPS) is 20.2. The molecule has 2 aromatic rings. The fourth-order valence-corrected chi connectivity index (χ4v) is 3.34. The second-order valence-electron chi connectivity index (χ2n) is 6.62. The molecule has 136 valence electrons. The van der Waals surface area contributed by atoms with Gasteiger partial charge in [-0.15, -0.1) is 0 Å². The van der Waals surface area contributed by atoms with Gasteiger partial charge in [0.2, 0.25) is 5.91 Å². The molecule has 1 saturated heterocycles. The summed E-state index contributed by atoms with van der Waals surface area (Å²) in [5, 5.41) is 14.4. The standard InChI is InChI=1S/C20H22ClN3O2/c21-18-7-5-15(6-8-18)14-24-11-9-16(10-12-24)20(26)23-22-13-17-3-1-2-4-19(17)25/h1-8,13,16,25H,9-12,14H2,(H,23,26)/p+1/b22-13+. The quantitative estimate of drug-likeness (QED) is 0.555. The van der Waals surface area contributed by atoms with Crippen LogP contribution in [0.4, 0.5) is 0 Å². The van der Waals surface area contributed by atoms with Crippen molar-refractivity contribution in [2.24, 2.45) is 11.0 Å². The van der Waals surface area contributed by atoms with Crippen molar-refractivity contribution in [2.45, 2.75) is 19.4 Å². The number of hydrazone groups is 1. The Bertz CT molecular complexity index is 769. The highest BCUT2D eigenvalue weighted by Crippen LogP contribution is 2.13. The van der Waals surface area contributed by atoms with Crippen LogP contribution in [-0.4, -0.2) is 30.3 Å². The van der Waals surface area contributed by atoms with Crippen molar-refractivity contribution < 1.29 is 14.8 Å². The zero-order valence-electron chi connectivity index (χ0n) is 14.5. The minimum Gasteiger partial charge on any atom is -0.507 e. The molecule has 3 N–H and O–H groups in total. The van der Waals surface area contributed by atoms with Crippen molar-refractivity contribution in [3.63, 3.8) is 0 Å². The third-order valence-corrected chi connectivity index (χ3v) is 5.00. The van der Waals surface area contributed by atoms with Crippen molar-refractivity contribution in [1.29, 1.82) is 0 Å². The van der Waals surface area contributed by atoms with E-state index in [2.05, 4.69) is 22.7 Å². The number of para-hydroxylation sites is 1. The monoisotopic (exact) mass is 372 g/mol. The number of aromatic hydroxyl groups is 1. The maximum absolute atomic E-state index is 12.3. The Morgan fingerprint density at radius 1 is 1.19 bits per heavy atom. The molecule has 0 aliphatic carbocycles. The minimum atomic E-state index is -0.0535. The number of piperidine rings is 1. The number of halogens is 1. The molecule has 0 bridgehead atoms. The molecule has 0 spiro atoms. The van der Waals surface area contributed by atoms with Crippen LogP contribution in [0.15, 0.2) is 53.6 Å². The van der Waals surface area contributed by atoms with Gasteiger partial charge in [-0.2, -0.15) is 5.10 Å². The van der Waals surface area contributed by atoms with Crippen molar-refractivity contribution in [3.8, 4) is 5.75 Å². The van der Waals surface area contributed by atoms with E-state index in [1.807, 2.05) is 18.2 Å². The minimum absolute atomic E-state index is 0.00881. The molecule has 0 unspecified atom stereocenters. The van der Waals surface area contributed by atoms with Crippen LogP contribution >= 0.6 is 11.6 Å². The third kappa shape index (κ3) is 5.07. The van der Waals surface area contributed by atoms with Crippen molar-refractivity contribution in [3.05, 3.63) is 64.7 Å². The highest BCUT2D eigenvalue weighted by atomic mass is 35.5. The fraction of sp³-hybridized carbons (Fsp3) is 0.300. The van der Waals surface area contributed by atoms with Crippen LogP contribution in [0.25, 0.3) is 0 Å². The third-order valence-electron chi connectivity index (χ3n) is 4.75. The zero-order chi connectivity index (χ0) is 18.4. The average molecular weight is 373 g/mol. The van der Waals surface area contributed by atoms with Gasteiger partial charge in [0.1, 0.15) is 12.3 Å². The highest BCUT2D eigenvalue weighted by molar-refractivity contribution is 6.30. The number of carbonyl (C=O) groups excluding carboxylic acids is 1. The first-order valence-electron chi connectivity index (χ1n) is 8.81. The molecule has 0 saturated carbocycles. The molecule has 26 heavy (non-hydrogen) atoms. The number of carbonyl (C=O) groups is 1. The molecule has 0 radical (unpaired) electrons. The summed E-state index contributed by atoms with van der Waals surface area (Å²) in [6.45, 7) is 2.88.